The maximum atomic E-state index is 6.04. The Labute approximate surface area is 98.6 Å². The number of aromatic nitrogens is 3. The average Bonchev–Trinajstić information content (AvgIpc) is 2.78. The Morgan fingerprint density at radius 3 is 2.69 bits per heavy atom. The minimum Gasteiger partial charge on any atom is -0.322 e. The number of thiazole rings is 1. The standard InChI is InChI=1S/C11H14N4S/c1-7(2)10(12)11-15-9(6-16-11)8-5-13-3-4-14-8/h3-7,10H,12H2,1-2H3. The molecule has 0 aliphatic rings. The van der Waals surface area contributed by atoms with E-state index < -0.39 is 0 Å². The van der Waals surface area contributed by atoms with Crippen molar-refractivity contribution in [2.24, 2.45) is 11.7 Å². The van der Waals surface area contributed by atoms with Gasteiger partial charge in [-0.05, 0) is 5.92 Å². The fraction of sp³-hybridized carbons (Fsp3) is 0.364. The molecule has 5 heteroatoms. The predicted octanol–water partition coefficient (Wildman–Crippen LogP) is 2.26. The molecule has 0 saturated carbocycles. The van der Waals surface area contributed by atoms with Crippen LogP contribution in [0.1, 0.15) is 24.9 Å². The summed E-state index contributed by atoms with van der Waals surface area (Å²) in [6, 6.07) is -0.00424. The molecule has 0 aliphatic carbocycles. The summed E-state index contributed by atoms with van der Waals surface area (Å²) in [6.45, 7) is 4.18. The smallest absolute Gasteiger partial charge is 0.110 e. The molecule has 2 aromatic heterocycles. The quantitative estimate of drug-likeness (QED) is 0.884. The molecular weight excluding hydrogens is 220 g/mol. The van der Waals surface area contributed by atoms with Gasteiger partial charge in [0.1, 0.15) is 16.4 Å². The lowest BCUT2D eigenvalue weighted by Gasteiger charge is -2.11. The van der Waals surface area contributed by atoms with Crippen molar-refractivity contribution in [2.45, 2.75) is 19.9 Å². The summed E-state index contributed by atoms with van der Waals surface area (Å²) in [5, 5.41) is 2.93. The van der Waals surface area contributed by atoms with Crippen molar-refractivity contribution in [1.82, 2.24) is 15.0 Å². The second-order valence-corrected chi connectivity index (χ2v) is 4.82. The van der Waals surface area contributed by atoms with Gasteiger partial charge in [0, 0.05) is 17.8 Å². The molecule has 0 saturated heterocycles. The Morgan fingerprint density at radius 1 is 1.25 bits per heavy atom. The summed E-state index contributed by atoms with van der Waals surface area (Å²) in [7, 11) is 0. The highest BCUT2D eigenvalue weighted by atomic mass is 32.1. The van der Waals surface area contributed by atoms with Gasteiger partial charge >= 0.3 is 0 Å². The Kier molecular flexibility index (Phi) is 3.26. The highest BCUT2D eigenvalue weighted by Gasteiger charge is 2.15. The van der Waals surface area contributed by atoms with E-state index >= 15 is 0 Å². The van der Waals surface area contributed by atoms with Gasteiger partial charge in [-0.1, -0.05) is 13.8 Å². The lowest BCUT2D eigenvalue weighted by molar-refractivity contribution is 0.512. The van der Waals surface area contributed by atoms with Crippen LogP contribution >= 0.6 is 11.3 Å². The first-order valence-corrected chi connectivity index (χ1v) is 6.04. The zero-order valence-corrected chi connectivity index (χ0v) is 10.1. The maximum absolute atomic E-state index is 6.04. The predicted molar refractivity (Wildman–Crippen MR) is 64.9 cm³/mol. The summed E-state index contributed by atoms with van der Waals surface area (Å²) in [5.74, 6) is 0.390. The van der Waals surface area contributed by atoms with E-state index in [-0.39, 0.29) is 6.04 Å². The van der Waals surface area contributed by atoms with Crippen molar-refractivity contribution >= 4 is 11.3 Å². The van der Waals surface area contributed by atoms with Crippen LogP contribution < -0.4 is 5.73 Å². The Balaban J connectivity index is 2.27. The Morgan fingerprint density at radius 2 is 2.06 bits per heavy atom. The second-order valence-electron chi connectivity index (χ2n) is 3.93. The molecule has 0 radical (unpaired) electrons. The van der Waals surface area contributed by atoms with E-state index in [0.29, 0.717) is 5.92 Å². The minimum atomic E-state index is -0.00424. The molecule has 84 valence electrons. The SMILES string of the molecule is CC(C)C(N)c1nc(-c2cnccn2)cs1. The van der Waals surface area contributed by atoms with E-state index in [1.165, 1.54) is 0 Å². The number of rotatable bonds is 3. The molecule has 0 aromatic carbocycles. The average molecular weight is 234 g/mol. The molecule has 1 atom stereocenters. The van der Waals surface area contributed by atoms with Crippen molar-refractivity contribution < 1.29 is 0 Å². The molecule has 2 N–H and O–H groups in total. The molecule has 2 heterocycles. The van der Waals surface area contributed by atoms with Crippen LogP contribution in [0.5, 0.6) is 0 Å². The summed E-state index contributed by atoms with van der Waals surface area (Å²) in [5.41, 5.74) is 7.68. The van der Waals surface area contributed by atoms with Crippen molar-refractivity contribution in [3.8, 4) is 11.4 Å². The normalized spacial score (nSPS) is 13.0. The molecule has 2 rings (SSSR count). The third kappa shape index (κ3) is 2.25. The zero-order valence-electron chi connectivity index (χ0n) is 9.29. The maximum Gasteiger partial charge on any atom is 0.110 e. The van der Waals surface area contributed by atoms with E-state index in [0.717, 1.165) is 16.4 Å². The van der Waals surface area contributed by atoms with Crippen LogP contribution in [0, 0.1) is 5.92 Å². The lowest BCUT2D eigenvalue weighted by Crippen LogP contribution is -2.16. The molecule has 4 nitrogen and oxygen atoms in total. The largest absolute Gasteiger partial charge is 0.322 e. The van der Waals surface area contributed by atoms with Gasteiger partial charge in [0.2, 0.25) is 0 Å². The van der Waals surface area contributed by atoms with Gasteiger partial charge < -0.3 is 5.73 Å². The van der Waals surface area contributed by atoms with Gasteiger partial charge in [-0.3, -0.25) is 9.97 Å². The van der Waals surface area contributed by atoms with Crippen molar-refractivity contribution in [2.75, 3.05) is 0 Å². The lowest BCUT2D eigenvalue weighted by atomic mass is 10.1. The highest BCUT2D eigenvalue weighted by Crippen LogP contribution is 2.26. The molecule has 16 heavy (non-hydrogen) atoms. The zero-order chi connectivity index (χ0) is 11.5. The van der Waals surface area contributed by atoms with Gasteiger partial charge in [-0.2, -0.15) is 0 Å². The monoisotopic (exact) mass is 234 g/mol. The first-order chi connectivity index (χ1) is 7.68. The van der Waals surface area contributed by atoms with Crippen LogP contribution in [-0.2, 0) is 0 Å². The van der Waals surface area contributed by atoms with Gasteiger partial charge in [-0.25, -0.2) is 4.98 Å². The summed E-state index contributed by atoms with van der Waals surface area (Å²) >= 11 is 1.58. The van der Waals surface area contributed by atoms with Crippen LogP contribution in [0.2, 0.25) is 0 Å². The fourth-order valence-corrected chi connectivity index (χ4v) is 2.26. The second kappa shape index (κ2) is 4.67. The summed E-state index contributed by atoms with van der Waals surface area (Å²) < 4.78 is 0. The molecule has 0 spiro atoms. The molecular formula is C11H14N4S. The Hall–Kier alpha value is -1.33. The number of nitrogens with two attached hydrogens (primary N) is 1. The van der Waals surface area contributed by atoms with E-state index in [4.69, 9.17) is 5.73 Å². The van der Waals surface area contributed by atoms with Crippen molar-refractivity contribution in [3.63, 3.8) is 0 Å². The van der Waals surface area contributed by atoms with Gasteiger partial charge in [0.05, 0.1) is 12.2 Å². The van der Waals surface area contributed by atoms with Crippen molar-refractivity contribution in [3.05, 3.63) is 29.0 Å². The molecule has 0 aliphatic heterocycles. The van der Waals surface area contributed by atoms with Gasteiger partial charge in [-0.15, -0.1) is 11.3 Å². The third-order valence-electron chi connectivity index (χ3n) is 2.35. The van der Waals surface area contributed by atoms with Crippen LogP contribution in [0.3, 0.4) is 0 Å². The fourth-order valence-electron chi connectivity index (χ4n) is 1.27. The third-order valence-corrected chi connectivity index (χ3v) is 3.30. The number of nitrogens with zero attached hydrogens (tertiary/aromatic N) is 3. The van der Waals surface area contributed by atoms with E-state index in [1.807, 2.05) is 5.38 Å². The van der Waals surface area contributed by atoms with E-state index in [9.17, 15) is 0 Å². The van der Waals surface area contributed by atoms with E-state index in [2.05, 4.69) is 28.8 Å². The summed E-state index contributed by atoms with van der Waals surface area (Å²) in [6.07, 6.45) is 5.02. The highest BCUT2D eigenvalue weighted by molar-refractivity contribution is 7.10. The van der Waals surface area contributed by atoms with Crippen molar-refractivity contribution in [1.29, 1.82) is 0 Å². The van der Waals surface area contributed by atoms with Crippen LogP contribution in [0.15, 0.2) is 24.0 Å². The molecule has 0 amide bonds. The first-order valence-electron chi connectivity index (χ1n) is 5.16. The van der Waals surface area contributed by atoms with Crippen LogP contribution in [0.25, 0.3) is 11.4 Å². The summed E-state index contributed by atoms with van der Waals surface area (Å²) in [4.78, 5) is 12.7. The number of hydrogen-bond acceptors (Lipinski definition) is 5. The number of hydrogen-bond donors (Lipinski definition) is 1. The Bertz CT molecular complexity index is 452. The van der Waals surface area contributed by atoms with Gasteiger partial charge in [0.25, 0.3) is 0 Å². The topological polar surface area (TPSA) is 64.7 Å². The molecule has 0 bridgehead atoms. The minimum absolute atomic E-state index is 0.00424. The molecule has 1 unspecified atom stereocenters. The van der Waals surface area contributed by atoms with E-state index in [1.54, 1.807) is 29.9 Å². The van der Waals surface area contributed by atoms with Crippen LogP contribution in [-0.4, -0.2) is 15.0 Å². The first kappa shape index (κ1) is 11.2. The van der Waals surface area contributed by atoms with Gasteiger partial charge in [0.15, 0.2) is 0 Å². The van der Waals surface area contributed by atoms with Crippen LogP contribution in [0.4, 0.5) is 0 Å². The molecule has 2 aromatic rings. The molecule has 0 fully saturated rings.